The van der Waals surface area contributed by atoms with E-state index in [1.165, 1.54) is 24.3 Å². The molecule has 1 aliphatic heterocycles. The molecule has 1 N–H and O–H groups in total. The zero-order valence-corrected chi connectivity index (χ0v) is 11.8. The summed E-state index contributed by atoms with van der Waals surface area (Å²) < 4.78 is 12.9. The van der Waals surface area contributed by atoms with Crippen LogP contribution < -0.4 is 10.2 Å². The fourth-order valence-electron chi connectivity index (χ4n) is 2.72. The number of halogens is 1. The van der Waals surface area contributed by atoms with E-state index < -0.39 is 0 Å². The minimum Gasteiger partial charge on any atom is -0.374 e. The minimum atomic E-state index is -0.337. The Kier molecular flexibility index (Phi) is 3.60. The van der Waals surface area contributed by atoms with E-state index in [9.17, 15) is 9.18 Å². The van der Waals surface area contributed by atoms with E-state index in [-0.39, 0.29) is 17.8 Å². The molecule has 1 heterocycles. The molecule has 0 fully saturated rings. The molecule has 21 heavy (non-hydrogen) atoms. The summed E-state index contributed by atoms with van der Waals surface area (Å²) >= 11 is 0. The van der Waals surface area contributed by atoms with Crippen molar-refractivity contribution in [3.8, 4) is 0 Å². The number of carbonyl (C=O) groups is 1. The molecule has 108 valence electrons. The highest BCUT2D eigenvalue weighted by atomic mass is 19.1. The van der Waals surface area contributed by atoms with Gasteiger partial charge in [-0.25, -0.2) is 4.39 Å². The molecule has 3 nitrogen and oxygen atoms in total. The number of benzene rings is 2. The number of hydrogen-bond acceptors (Lipinski definition) is 2. The Bertz CT molecular complexity index is 654. The van der Waals surface area contributed by atoms with Crippen molar-refractivity contribution in [2.24, 2.45) is 0 Å². The van der Waals surface area contributed by atoms with E-state index in [2.05, 4.69) is 23.3 Å². The maximum atomic E-state index is 12.9. The lowest BCUT2D eigenvalue weighted by atomic mass is 9.96. The van der Waals surface area contributed by atoms with E-state index in [1.54, 1.807) is 0 Å². The van der Waals surface area contributed by atoms with Crippen molar-refractivity contribution in [1.82, 2.24) is 5.32 Å². The van der Waals surface area contributed by atoms with Crippen molar-refractivity contribution < 1.29 is 9.18 Å². The van der Waals surface area contributed by atoms with Gasteiger partial charge in [0.25, 0.3) is 5.91 Å². The molecular formula is C17H17FN2O. The Morgan fingerprint density at radius 3 is 2.67 bits per heavy atom. The average Bonchev–Trinajstić information content (AvgIpc) is 2.51. The molecule has 0 radical (unpaired) electrons. The van der Waals surface area contributed by atoms with Crippen LogP contribution in [0.15, 0.2) is 48.5 Å². The molecule has 1 aliphatic rings. The summed E-state index contributed by atoms with van der Waals surface area (Å²) in [5.74, 6) is -0.504. The van der Waals surface area contributed by atoms with Crippen LogP contribution in [0.4, 0.5) is 10.1 Å². The summed E-state index contributed by atoms with van der Waals surface area (Å²) in [6.45, 7) is 0.894. The van der Waals surface area contributed by atoms with Gasteiger partial charge >= 0.3 is 0 Å². The maximum Gasteiger partial charge on any atom is 0.251 e. The first-order valence-electron chi connectivity index (χ1n) is 7.01. The fraction of sp³-hybridized carbons (Fsp3) is 0.235. The second-order valence-electron chi connectivity index (χ2n) is 5.30. The van der Waals surface area contributed by atoms with Crippen LogP contribution >= 0.6 is 0 Å². The third-order valence-electron chi connectivity index (χ3n) is 3.89. The molecule has 2 aromatic rings. The van der Waals surface area contributed by atoms with Gasteiger partial charge in [0.05, 0.1) is 6.04 Å². The second-order valence-corrected chi connectivity index (χ2v) is 5.30. The highest BCUT2D eigenvalue weighted by molar-refractivity contribution is 5.94. The smallest absolute Gasteiger partial charge is 0.251 e. The second kappa shape index (κ2) is 5.56. The number of hydrogen-bond donors (Lipinski definition) is 1. The van der Waals surface area contributed by atoms with E-state index in [1.807, 2.05) is 18.2 Å². The van der Waals surface area contributed by atoms with Gasteiger partial charge in [-0.1, -0.05) is 18.2 Å². The van der Waals surface area contributed by atoms with Gasteiger partial charge < -0.3 is 10.2 Å². The lowest BCUT2D eigenvalue weighted by molar-refractivity contribution is 0.0934. The summed E-state index contributed by atoms with van der Waals surface area (Å²) in [5, 5.41) is 3.04. The van der Waals surface area contributed by atoms with Gasteiger partial charge in [-0.05, 0) is 42.3 Å². The zero-order valence-electron chi connectivity index (χ0n) is 11.8. The third kappa shape index (κ3) is 2.75. The number of amides is 1. The topological polar surface area (TPSA) is 32.3 Å². The lowest BCUT2D eigenvalue weighted by Gasteiger charge is -2.33. The molecule has 1 amide bonds. The molecule has 0 spiro atoms. The van der Waals surface area contributed by atoms with Crippen LogP contribution in [0.3, 0.4) is 0 Å². The lowest BCUT2D eigenvalue weighted by Crippen LogP contribution is -2.36. The summed E-state index contributed by atoms with van der Waals surface area (Å²) in [4.78, 5) is 14.5. The number of rotatable bonds is 2. The van der Waals surface area contributed by atoms with Crippen LogP contribution in [0.1, 0.15) is 28.4 Å². The van der Waals surface area contributed by atoms with Crippen molar-refractivity contribution in [1.29, 1.82) is 0 Å². The molecule has 1 atom stereocenters. The summed E-state index contributed by atoms with van der Waals surface area (Å²) in [6.07, 6.45) is 0.862. The molecule has 3 rings (SSSR count). The van der Waals surface area contributed by atoms with Crippen LogP contribution in [0.25, 0.3) is 0 Å². The van der Waals surface area contributed by atoms with Crippen molar-refractivity contribution in [2.75, 3.05) is 18.5 Å². The highest BCUT2D eigenvalue weighted by Gasteiger charge is 2.24. The molecule has 0 saturated heterocycles. The van der Waals surface area contributed by atoms with Crippen LogP contribution in [-0.4, -0.2) is 19.5 Å². The van der Waals surface area contributed by atoms with Gasteiger partial charge in [-0.15, -0.1) is 0 Å². The number of anilines is 1. The van der Waals surface area contributed by atoms with E-state index >= 15 is 0 Å². The van der Waals surface area contributed by atoms with Gasteiger partial charge in [0.1, 0.15) is 5.82 Å². The van der Waals surface area contributed by atoms with Crippen molar-refractivity contribution in [3.05, 3.63) is 65.5 Å². The number of para-hydroxylation sites is 1. The molecule has 0 saturated carbocycles. The van der Waals surface area contributed by atoms with Crippen molar-refractivity contribution >= 4 is 11.6 Å². The standard InChI is InChI=1S/C17H17FN2O/c1-20-11-10-15(14-4-2-3-5-16(14)20)19-17(21)12-6-8-13(18)9-7-12/h2-9,15H,10-11H2,1H3,(H,19,21). The number of nitrogens with zero attached hydrogens (tertiary/aromatic N) is 1. The zero-order chi connectivity index (χ0) is 14.8. The first kappa shape index (κ1) is 13.6. The Morgan fingerprint density at radius 2 is 1.90 bits per heavy atom. The van der Waals surface area contributed by atoms with E-state index in [4.69, 9.17) is 0 Å². The Balaban J connectivity index is 1.81. The van der Waals surface area contributed by atoms with Crippen LogP contribution in [-0.2, 0) is 0 Å². The molecule has 0 bridgehead atoms. The summed E-state index contributed by atoms with van der Waals surface area (Å²) in [5.41, 5.74) is 2.75. The monoisotopic (exact) mass is 284 g/mol. The summed E-state index contributed by atoms with van der Waals surface area (Å²) in [7, 11) is 2.05. The van der Waals surface area contributed by atoms with E-state index in [0.29, 0.717) is 5.56 Å². The Morgan fingerprint density at radius 1 is 1.19 bits per heavy atom. The number of nitrogens with one attached hydrogen (secondary N) is 1. The first-order valence-corrected chi connectivity index (χ1v) is 7.01. The molecule has 0 aromatic heterocycles. The van der Waals surface area contributed by atoms with Crippen LogP contribution in [0.5, 0.6) is 0 Å². The Labute approximate surface area is 123 Å². The van der Waals surface area contributed by atoms with Crippen molar-refractivity contribution in [2.45, 2.75) is 12.5 Å². The normalized spacial score (nSPS) is 17.2. The predicted octanol–water partition coefficient (Wildman–Crippen LogP) is 3.14. The fourth-order valence-corrected chi connectivity index (χ4v) is 2.72. The predicted molar refractivity (Wildman–Crippen MR) is 80.9 cm³/mol. The molecule has 2 aromatic carbocycles. The average molecular weight is 284 g/mol. The SMILES string of the molecule is CN1CCC(NC(=O)c2ccc(F)cc2)c2ccccc21. The highest BCUT2D eigenvalue weighted by Crippen LogP contribution is 2.32. The number of fused-ring (bicyclic) bond motifs is 1. The molecule has 4 heteroatoms. The quantitative estimate of drug-likeness (QED) is 0.919. The van der Waals surface area contributed by atoms with E-state index in [0.717, 1.165) is 24.2 Å². The van der Waals surface area contributed by atoms with Gasteiger partial charge in [0, 0.05) is 24.8 Å². The Hall–Kier alpha value is -2.36. The largest absolute Gasteiger partial charge is 0.374 e. The van der Waals surface area contributed by atoms with Crippen LogP contribution in [0.2, 0.25) is 0 Å². The molecule has 0 aliphatic carbocycles. The molecular weight excluding hydrogens is 267 g/mol. The van der Waals surface area contributed by atoms with Gasteiger partial charge in [0.2, 0.25) is 0 Å². The van der Waals surface area contributed by atoms with Gasteiger partial charge in [0.15, 0.2) is 0 Å². The molecule has 1 unspecified atom stereocenters. The van der Waals surface area contributed by atoms with Gasteiger partial charge in [-0.3, -0.25) is 4.79 Å². The minimum absolute atomic E-state index is 0.00467. The van der Waals surface area contributed by atoms with Gasteiger partial charge in [-0.2, -0.15) is 0 Å². The maximum absolute atomic E-state index is 12.9. The third-order valence-corrected chi connectivity index (χ3v) is 3.89. The summed E-state index contributed by atoms with van der Waals surface area (Å²) in [6, 6.07) is 13.7. The van der Waals surface area contributed by atoms with Crippen LogP contribution in [0, 0.1) is 5.82 Å². The van der Waals surface area contributed by atoms with Crippen molar-refractivity contribution in [3.63, 3.8) is 0 Å². The first-order chi connectivity index (χ1) is 10.1. The number of carbonyl (C=O) groups excluding carboxylic acids is 1.